The Kier molecular flexibility index (Phi) is 14.5. The van der Waals surface area contributed by atoms with Crippen LogP contribution < -0.4 is 5.32 Å². The first kappa shape index (κ1) is 36.1. The standard InChI is InChI=1S/C31H38N4O.C4H6O6/c1-25-23-27(24-33-26(25)2)15-16-30(36)32-17-9-10-18-34-19-21-35(22-20-34)31(28-11-5-3-6-12-28)29-13-7-4-8-14-29;5-1(3(7)8)2(6)4(9)10/h3-8,11-16,23-24,31H,9-10,17-22H2,1-2H3,(H,32,36);1-2,5-6H,(H,7,8)(H,9,10)/b16-15+;. The smallest absolute Gasteiger partial charge is 0.335 e. The van der Waals surface area contributed by atoms with Gasteiger partial charge >= 0.3 is 11.9 Å². The highest BCUT2D eigenvalue weighted by Crippen LogP contribution is 2.29. The zero-order valence-corrected chi connectivity index (χ0v) is 26.3. The Bertz CT molecular complexity index is 1370. The fourth-order valence-corrected chi connectivity index (χ4v) is 5.06. The van der Waals surface area contributed by atoms with E-state index in [1.807, 2.05) is 26.0 Å². The molecule has 1 fully saturated rings. The summed E-state index contributed by atoms with van der Waals surface area (Å²) in [5, 5.41) is 35.5. The number of unbranched alkanes of at least 4 members (excludes halogenated alkanes) is 1. The lowest BCUT2D eigenvalue weighted by Crippen LogP contribution is -2.48. The summed E-state index contributed by atoms with van der Waals surface area (Å²) < 4.78 is 0. The molecule has 1 saturated heterocycles. The van der Waals surface area contributed by atoms with Crippen LogP contribution in [0.2, 0.25) is 0 Å². The van der Waals surface area contributed by atoms with Gasteiger partial charge in [0.1, 0.15) is 0 Å². The fraction of sp³-hybridized carbons (Fsp3) is 0.371. The van der Waals surface area contributed by atoms with Gasteiger partial charge in [-0.3, -0.25) is 14.7 Å². The largest absolute Gasteiger partial charge is 0.479 e. The lowest BCUT2D eigenvalue weighted by Gasteiger charge is -2.39. The molecule has 1 aliphatic heterocycles. The monoisotopic (exact) mass is 632 g/mol. The van der Waals surface area contributed by atoms with Crippen molar-refractivity contribution in [1.29, 1.82) is 0 Å². The van der Waals surface area contributed by atoms with Crippen LogP contribution in [0, 0.1) is 13.8 Å². The molecule has 246 valence electrons. The maximum absolute atomic E-state index is 12.1. The predicted octanol–water partition coefficient (Wildman–Crippen LogP) is 2.89. The second-order valence-corrected chi connectivity index (χ2v) is 11.2. The molecule has 1 amide bonds. The molecule has 11 heteroatoms. The normalized spacial score (nSPS) is 15.2. The SMILES string of the molecule is Cc1cc(/C=C/C(=O)NCCCCN2CCN(C(c3ccccc3)c3ccccc3)CC2)cnc1C.O=C(O)C(O)C(O)C(=O)O. The number of carboxylic acid groups (broad SMARTS) is 2. The van der Waals surface area contributed by atoms with Crippen LogP contribution in [0.4, 0.5) is 0 Å². The number of aromatic nitrogens is 1. The van der Waals surface area contributed by atoms with E-state index in [9.17, 15) is 14.4 Å². The molecule has 46 heavy (non-hydrogen) atoms. The number of pyridine rings is 1. The predicted molar refractivity (Wildman–Crippen MR) is 175 cm³/mol. The van der Waals surface area contributed by atoms with Crippen molar-refractivity contribution in [2.75, 3.05) is 39.3 Å². The lowest BCUT2D eigenvalue weighted by atomic mass is 9.96. The molecule has 0 radical (unpaired) electrons. The molecular weight excluding hydrogens is 588 g/mol. The Morgan fingerprint density at radius 1 is 0.848 bits per heavy atom. The first-order chi connectivity index (χ1) is 22.1. The van der Waals surface area contributed by atoms with Gasteiger partial charge in [0, 0.05) is 50.7 Å². The molecule has 1 aromatic heterocycles. The van der Waals surface area contributed by atoms with Gasteiger partial charge in [0.25, 0.3) is 0 Å². The number of carbonyl (C=O) groups is 3. The molecular formula is C35H44N4O7. The molecule has 0 bridgehead atoms. The molecule has 0 saturated carbocycles. The minimum Gasteiger partial charge on any atom is -0.479 e. The van der Waals surface area contributed by atoms with Gasteiger partial charge in [0.05, 0.1) is 6.04 Å². The molecule has 0 aliphatic carbocycles. The topological polar surface area (TPSA) is 164 Å². The van der Waals surface area contributed by atoms with Crippen LogP contribution in [0.15, 0.2) is 79.0 Å². The van der Waals surface area contributed by atoms with E-state index in [0.29, 0.717) is 12.6 Å². The average Bonchev–Trinajstić information content (AvgIpc) is 3.06. The Morgan fingerprint density at radius 2 is 1.39 bits per heavy atom. The number of amides is 1. The van der Waals surface area contributed by atoms with Crippen molar-refractivity contribution >= 4 is 23.9 Å². The molecule has 2 aromatic carbocycles. The van der Waals surface area contributed by atoms with Gasteiger partial charge in [-0.05, 0) is 67.6 Å². The third-order valence-corrected chi connectivity index (χ3v) is 7.80. The highest BCUT2D eigenvalue weighted by Gasteiger charge is 2.29. The number of piperazine rings is 1. The lowest BCUT2D eigenvalue weighted by molar-refractivity contribution is -0.165. The summed E-state index contributed by atoms with van der Waals surface area (Å²) in [6, 6.07) is 24.0. The Balaban J connectivity index is 0.000000498. The van der Waals surface area contributed by atoms with E-state index in [0.717, 1.165) is 62.4 Å². The van der Waals surface area contributed by atoms with Gasteiger partial charge in [-0.15, -0.1) is 0 Å². The van der Waals surface area contributed by atoms with E-state index in [1.54, 1.807) is 12.3 Å². The van der Waals surface area contributed by atoms with Crippen LogP contribution >= 0.6 is 0 Å². The molecule has 11 nitrogen and oxygen atoms in total. The first-order valence-corrected chi connectivity index (χ1v) is 15.3. The van der Waals surface area contributed by atoms with Crippen LogP contribution in [-0.2, 0) is 14.4 Å². The van der Waals surface area contributed by atoms with Crippen molar-refractivity contribution in [2.24, 2.45) is 0 Å². The molecule has 4 rings (SSSR count). The van der Waals surface area contributed by atoms with Crippen LogP contribution in [0.1, 0.15) is 46.8 Å². The Morgan fingerprint density at radius 3 is 1.89 bits per heavy atom. The number of rotatable bonds is 13. The number of nitrogens with zero attached hydrogens (tertiary/aromatic N) is 3. The fourth-order valence-electron chi connectivity index (χ4n) is 5.06. The minimum atomic E-state index is -2.27. The van der Waals surface area contributed by atoms with E-state index in [1.165, 1.54) is 11.1 Å². The van der Waals surface area contributed by atoms with E-state index < -0.39 is 24.1 Å². The third kappa shape index (κ3) is 11.5. The van der Waals surface area contributed by atoms with Gasteiger partial charge in [0.15, 0.2) is 12.2 Å². The van der Waals surface area contributed by atoms with Crippen molar-refractivity contribution in [3.63, 3.8) is 0 Å². The third-order valence-electron chi connectivity index (χ3n) is 7.80. The molecule has 5 N–H and O–H groups in total. The van der Waals surface area contributed by atoms with Crippen molar-refractivity contribution in [1.82, 2.24) is 20.1 Å². The maximum Gasteiger partial charge on any atom is 0.335 e. The number of benzene rings is 2. The van der Waals surface area contributed by atoms with Gasteiger partial charge in [-0.1, -0.05) is 60.7 Å². The number of aliphatic hydroxyl groups excluding tert-OH is 2. The molecule has 2 heterocycles. The maximum atomic E-state index is 12.1. The average molecular weight is 633 g/mol. The van der Waals surface area contributed by atoms with Crippen molar-refractivity contribution in [3.05, 3.63) is 107 Å². The Labute approximate surface area is 269 Å². The van der Waals surface area contributed by atoms with Crippen LogP contribution in [0.5, 0.6) is 0 Å². The van der Waals surface area contributed by atoms with Gasteiger partial charge in [-0.2, -0.15) is 0 Å². The zero-order valence-electron chi connectivity index (χ0n) is 26.3. The summed E-state index contributed by atoms with van der Waals surface area (Å²) in [4.78, 5) is 41.2. The molecule has 3 aromatic rings. The van der Waals surface area contributed by atoms with E-state index in [2.05, 4.69) is 80.8 Å². The van der Waals surface area contributed by atoms with Crippen LogP contribution in [0.25, 0.3) is 6.08 Å². The van der Waals surface area contributed by atoms with E-state index in [-0.39, 0.29) is 5.91 Å². The molecule has 0 spiro atoms. The number of carbonyl (C=O) groups excluding carboxylic acids is 1. The minimum absolute atomic E-state index is 0.0466. The second kappa shape index (κ2) is 18.5. The number of aliphatic carboxylic acids is 2. The summed E-state index contributed by atoms with van der Waals surface area (Å²) >= 11 is 0. The number of carboxylic acids is 2. The number of hydrogen-bond acceptors (Lipinski definition) is 8. The summed E-state index contributed by atoms with van der Waals surface area (Å²) in [6.45, 7) is 10.1. The number of hydrogen-bond donors (Lipinski definition) is 5. The second-order valence-electron chi connectivity index (χ2n) is 11.2. The van der Waals surface area contributed by atoms with E-state index in [4.69, 9.17) is 20.4 Å². The summed E-state index contributed by atoms with van der Waals surface area (Å²) in [7, 11) is 0. The summed E-state index contributed by atoms with van der Waals surface area (Å²) in [6.07, 6.45) is 2.77. The first-order valence-electron chi connectivity index (χ1n) is 15.3. The van der Waals surface area contributed by atoms with E-state index >= 15 is 0 Å². The molecule has 1 aliphatic rings. The van der Waals surface area contributed by atoms with Crippen molar-refractivity contribution in [2.45, 2.75) is 44.9 Å². The number of aryl methyl sites for hydroxylation is 2. The van der Waals surface area contributed by atoms with Gasteiger partial charge in [-0.25, -0.2) is 9.59 Å². The number of nitrogens with one attached hydrogen (secondary N) is 1. The zero-order chi connectivity index (χ0) is 33.5. The van der Waals surface area contributed by atoms with Crippen LogP contribution in [0.3, 0.4) is 0 Å². The summed E-state index contributed by atoms with van der Waals surface area (Å²) in [5.41, 5.74) is 5.82. The summed E-state index contributed by atoms with van der Waals surface area (Å²) in [5.74, 6) is -3.58. The van der Waals surface area contributed by atoms with Crippen molar-refractivity contribution in [3.8, 4) is 0 Å². The molecule has 2 unspecified atom stereocenters. The van der Waals surface area contributed by atoms with Gasteiger partial charge < -0.3 is 30.6 Å². The van der Waals surface area contributed by atoms with Crippen molar-refractivity contribution < 1.29 is 34.8 Å². The van der Waals surface area contributed by atoms with Crippen LogP contribution in [-0.4, -0.2) is 105 Å². The highest BCUT2D eigenvalue weighted by atomic mass is 16.4. The Hall–Kier alpha value is -4.42. The quantitative estimate of drug-likeness (QED) is 0.140. The molecule has 2 atom stereocenters. The highest BCUT2D eigenvalue weighted by molar-refractivity contribution is 5.91. The number of aliphatic hydroxyl groups is 2. The van der Waals surface area contributed by atoms with Gasteiger partial charge in [0.2, 0.25) is 5.91 Å².